The highest BCUT2D eigenvalue weighted by atomic mass is 16.5. The van der Waals surface area contributed by atoms with Gasteiger partial charge in [-0.15, -0.1) is 0 Å². The zero-order chi connectivity index (χ0) is 10.5. The SMILES string of the molecule is CO[C@@H](C=O)[C@H](O)[C@@](O)(CN)CO. The van der Waals surface area contributed by atoms with Crippen molar-refractivity contribution >= 4 is 6.29 Å². The first-order chi connectivity index (χ1) is 6.05. The molecule has 5 N–H and O–H groups in total. The number of hydrogen-bond donors (Lipinski definition) is 4. The summed E-state index contributed by atoms with van der Waals surface area (Å²) in [5.74, 6) is 0. The van der Waals surface area contributed by atoms with Gasteiger partial charge in [-0.2, -0.15) is 0 Å². The summed E-state index contributed by atoms with van der Waals surface area (Å²) < 4.78 is 4.57. The first-order valence-corrected chi connectivity index (χ1v) is 3.75. The molecule has 0 spiro atoms. The predicted molar refractivity (Wildman–Crippen MR) is 44.0 cm³/mol. The molecular weight excluding hydrogens is 178 g/mol. The highest BCUT2D eigenvalue weighted by Crippen LogP contribution is 2.12. The molecule has 0 amide bonds. The third-order valence-electron chi connectivity index (χ3n) is 1.90. The molecule has 0 aromatic carbocycles. The Morgan fingerprint density at radius 1 is 1.69 bits per heavy atom. The lowest BCUT2D eigenvalue weighted by Crippen LogP contribution is -2.57. The first kappa shape index (κ1) is 12.5. The fourth-order valence-electron chi connectivity index (χ4n) is 0.843. The van der Waals surface area contributed by atoms with Crippen molar-refractivity contribution in [2.24, 2.45) is 5.73 Å². The molecule has 78 valence electrons. The van der Waals surface area contributed by atoms with E-state index in [-0.39, 0.29) is 6.54 Å². The molecule has 0 bridgehead atoms. The number of aliphatic hydroxyl groups is 3. The van der Waals surface area contributed by atoms with Crippen LogP contribution in [0.15, 0.2) is 0 Å². The normalized spacial score (nSPS) is 20.4. The first-order valence-electron chi connectivity index (χ1n) is 3.75. The van der Waals surface area contributed by atoms with Gasteiger partial charge in [0.05, 0.1) is 6.61 Å². The molecule has 0 aromatic rings. The van der Waals surface area contributed by atoms with E-state index >= 15 is 0 Å². The van der Waals surface area contributed by atoms with Gasteiger partial charge in [-0.3, -0.25) is 0 Å². The maximum Gasteiger partial charge on any atom is 0.151 e. The van der Waals surface area contributed by atoms with E-state index in [0.29, 0.717) is 6.29 Å². The second kappa shape index (κ2) is 5.25. The van der Waals surface area contributed by atoms with Crippen molar-refractivity contribution in [2.75, 3.05) is 20.3 Å². The molecule has 0 saturated carbocycles. The molecule has 0 aromatic heterocycles. The maximum atomic E-state index is 10.3. The topological polar surface area (TPSA) is 113 Å². The van der Waals surface area contributed by atoms with Gasteiger partial charge in [0.1, 0.15) is 17.8 Å². The van der Waals surface area contributed by atoms with E-state index in [2.05, 4.69) is 4.74 Å². The van der Waals surface area contributed by atoms with Gasteiger partial charge in [0.25, 0.3) is 0 Å². The molecule has 0 fully saturated rings. The van der Waals surface area contributed by atoms with Crippen LogP contribution in [0.4, 0.5) is 0 Å². The standard InChI is InChI=1S/C7H15NO5/c1-13-5(2-9)6(11)7(12,3-8)4-10/h2,5-6,10-12H,3-4,8H2,1H3/t5-,6-,7+/m0/s1. The zero-order valence-electron chi connectivity index (χ0n) is 7.38. The van der Waals surface area contributed by atoms with Crippen LogP contribution < -0.4 is 5.73 Å². The average Bonchev–Trinajstić information content (AvgIpc) is 2.18. The monoisotopic (exact) mass is 193 g/mol. The molecule has 0 aliphatic carbocycles. The van der Waals surface area contributed by atoms with Gasteiger partial charge in [-0.1, -0.05) is 0 Å². The Hall–Kier alpha value is -0.530. The summed E-state index contributed by atoms with van der Waals surface area (Å²) in [6, 6.07) is 0. The highest BCUT2D eigenvalue weighted by Gasteiger charge is 2.39. The minimum atomic E-state index is -1.90. The third-order valence-corrected chi connectivity index (χ3v) is 1.90. The fourth-order valence-corrected chi connectivity index (χ4v) is 0.843. The van der Waals surface area contributed by atoms with Crippen LogP contribution in [0, 0.1) is 0 Å². The number of rotatable bonds is 6. The summed E-state index contributed by atoms with van der Waals surface area (Å²) in [7, 11) is 1.20. The van der Waals surface area contributed by atoms with E-state index in [1.807, 2.05) is 0 Å². The van der Waals surface area contributed by atoms with Gasteiger partial charge in [0.2, 0.25) is 0 Å². The summed E-state index contributed by atoms with van der Waals surface area (Å²) in [5.41, 5.74) is 3.22. The Balaban J connectivity index is 4.51. The van der Waals surface area contributed by atoms with Crippen molar-refractivity contribution in [3.05, 3.63) is 0 Å². The molecule has 13 heavy (non-hydrogen) atoms. The van der Waals surface area contributed by atoms with E-state index in [4.69, 9.17) is 10.8 Å². The van der Waals surface area contributed by atoms with Gasteiger partial charge in [0.15, 0.2) is 6.29 Å². The molecule has 6 nitrogen and oxygen atoms in total. The largest absolute Gasteiger partial charge is 0.393 e. The Bertz CT molecular complexity index is 159. The van der Waals surface area contributed by atoms with Crippen molar-refractivity contribution < 1.29 is 24.9 Å². The van der Waals surface area contributed by atoms with Crippen LogP contribution in [-0.2, 0) is 9.53 Å². The summed E-state index contributed by atoms with van der Waals surface area (Å²) >= 11 is 0. The second-order valence-corrected chi connectivity index (χ2v) is 2.75. The number of nitrogens with two attached hydrogens (primary N) is 1. The number of methoxy groups -OCH3 is 1. The van der Waals surface area contributed by atoms with Crippen molar-refractivity contribution in [3.63, 3.8) is 0 Å². The van der Waals surface area contributed by atoms with Crippen LogP contribution in [-0.4, -0.2) is 59.7 Å². The Labute approximate surface area is 75.9 Å². The van der Waals surface area contributed by atoms with E-state index < -0.39 is 24.4 Å². The number of hydrogen-bond acceptors (Lipinski definition) is 6. The van der Waals surface area contributed by atoms with Crippen LogP contribution in [0.3, 0.4) is 0 Å². The number of carbonyl (C=O) groups is 1. The summed E-state index contributed by atoms with van der Waals surface area (Å²) in [6.07, 6.45) is -2.40. The molecule has 3 atom stereocenters. The number of aldehydes is 1. The number of carbonyl (C=O) groups excluding carboxylic acids is 1. The van der Waals surface area contributed by atoms with Crippen LogP contribution >= 0.6 is 0 Å². The molecule has 0 rings (SSSR count). The molecule has 0 heterocycles. The Morgan fingerprint density at radius 2 is 2.23 bits per heavy atom. The second-order valence-electron chi connectivity index (χ2n) is 2.75. The zero-order valence-corrected chi connectivity index (χ0v) is 7.38. The maximum absolute atomic E-state index is 10.3. The Kier molecular flexibility index (Phi) is 5.04. The molecule has 0 unspecified atom stereocenters. The molecule has 6 heteroatoms. The average molecular weight is 193 g/mol. The fraction of sp³-hybridized carbons (Fsp3) is 0.857. The van der Waals surface area contributed by atoms with Crippen molar-refractivity contribution in [2.45, 2.75) is 17.8 Å². The van der Waals surface area contributed by atoms with Crippen molar-refractivity contribution in [3.8, 4) is 0 Å². The highest BCUT2D eigenvalue weighted by molar-refractivity contribution is 5.57. The van der Waals surface area contributed by atoms with Crippen LogP contribution in [0.2, 0.25) is 0 Å². The molecule has 0 saturated heterocycles. The van der Waals surface area contributed by atoms with E-state index in [0.717, 1.165) is 0 Å². The Morgan fingerprint density at radius 3 is 2.46 bits per heavy atom. The van der Waals surface area contributed by atoms with Gasteiger partial charge in [-0.05, 0) is 0 Å². The van der Waals surface area contributed by atoms with Crippen molar-refractivity contribution in [1.82, 2.24) is 0 Å². The summed E-state index contributed by atoms with van der Waals surface area (Å²) in [5, 5.41) is 27.6. The lowest BCUT2D eigenvalue weighted by Gasteiger charge is -2.32. The third kappa shape index (κ3) is 2.71. The van der Waals surface area contributed by atoms with E-state index in [1.54, 1.807) is 0 Å². The number of aliphatic hydroxyl groups excluding tert-OH is 2. The lowest BCUT2D eigenvalue weighted by molar-refractivity contribution is -0.155. The van der Waals surface area contributed by atoms with E-state index in [9.17, 15) is 15.0 Å². The molecule has 0 aliphatic heterocycles. The van der Waals surface area contributed by atoms with Gasteiger partial charge < -0.3 is 30.6 Å². The predicted octanol–water partition coefficient (Wildman–Crippen LogP) is -2.76. The van der Waals surface area contributed by atoms with Gasteiger partial charge in [0, 0.05) is 13.7 Å². The van der Waals surface area contributed by atoms with Crippen molar-refractivity contribution in [1.29, 1.82) is 0 Å². The molecule has 0 radical (unpaired) electrons. The smallest absolute Gasteiger partial charge is 0.151 e. The van der Waals surface area contributed by atoms with E-state index in [1.165, 1.54) is 7.11 Å². The van der Waals surface area contributed by atoms with Crippen LogP contribution in [0.25, 0.3) is 0 Å². The van der Waals surface area contributed by atoms with Gasteiger partial charge in [-0.25, -0.2) is 0 Å². The van der Waals surface area contributed by atoms with Gasteiger partial charge >= 0.3 is 0 Å². The molecule has 0 aliphatic rings. The summed E-state index contributed by atoms with van der Waals surface area (Å²) in [6.45, 7) is -1.10. The van der Waals surface area contributed by atoms with Crippen LogP contribution in [0.1, 0.15) is 0 Å². The lowest BCUT2D eigenvalue weighted by atomic mass is 9.94. The minimum Gasteiger partial charge on any atom is -0.393 e. The quantitative estimate of drug-likeness (QED) is 0.340. The minimum absolute atomic E-state index is 0.334. The number of ether oxygens (including phenoxy) is 1. The molecular formula is C7H15NO5. The van der Waals surface area contributed by atoms with Crippen LogP contribution in [0.5, 0.6) is 0 Å². The summed E-state index contributed by atoms with van der Waals surface area (Å²) in [4.78, 5) is 10.3.